The van der Waals surface area contributed by atoms with Gasteiger partial charge < -0.3 is 25.0 Å². The van der Waals surface area contributed by atoms with Crippen molar-refractivity contribution >= 4 is 46.3 Å². The molecular weight excluding hydrogens is 473 g/mol. The van der Waals surface area contributed by atoms with E-state index in [1.807, 2.05) is 12.1 Å². The lowest BCUT2D eigenvalue weighted by Crippen LogP contribution is -2.44. The molecule has 1 heterocycles. The highest BCUT2D eigenvalue weighted by Gasteiger charge is 2.23. The summed E-state index contributed by atoms with van der Waals surface area (Å²) < 4.78 is 20.2. The van der Waals surface area contributed by atoms with Crippen molar-refractivity contribution in [2.75, 3.05) is 11.1 Å². The Labute approximate surface area is 206 Å². The number of carboxylic acid groups (broad SMARTS) is 1. The Morgan fingerprint density at radius 3 is 2.49 bits per heavy atom. The molecule has 1 aromatic heterocycles. The molecule has 0 saturated carbocycles. The van der Waals surface area contributed by atoms with Crippen LogP contribution in [0, 0.1) is 5.82 Å². The standard InChI is InChI=1S/C25H28FN3O5S/c1-25(2,3)34-24(33)28-20(23(31)32)15-35-14-16-4-7-19(8-5-16)27-22(30)13-29-11-10-17-12-18(26)6-9-21(17)29/h4-12,20H,13-15H2,1-3H3,(H,27,30)(H,28,33)(H,31,32). The second kappa shape index (κ2) is 11.3. The van der Waals surface area contributed by atoms with Crippen molar-refractivity contribution in [2.45, 2.75) is 44.7 Å². The van der Waals surface area contributed by atoms with E-state index in [0.717, 1.165) is 16.5 Å². The zero-order valence-electron chi connectivity index (χ0n) is 19.7. The van der Waals surface area contributed by atoms with Gasteiger partial charge in [-0.25, -0.2) is 14.0 Å². The number of aromatic nitrogens is 1. The molecule has 0 saturated heterocycles. The van der Waals surface area contributed by atoms with Crippen molar-refractivity contribution < 1.29 is 28.6 Å². The van der Waals surface area contributed by atoms with Crippen LogP contribution in [0.15, 0.2) is 54.7 Å². The number of rotatable bonds is 9. The first-order valence-corrected chi connectivity index (χ1v) is 12.1. The van der Waals surface area contributed by atoms with Crippen molar-refractivity contribution in [3.05, 3.63) is 66.1 Å². The topological polar surface area (TPSA) is 110 Å². The summed E-state index contributed by atoms with van der Waals surface area (Å²) in [4.78, 5) is 35.8. The van der Waals surface area contributed by atoms with Gasteiger partial charge in [0.2, 0.25) is 5.91 Å². The molecule has 0 aliphatic carbocycles. The number of anilines is 1. The molecule has 1 unspecified atom stereocenters. The number of aliphatic carboxylic acids is 1. The van der Waals surface area contributed by atoms with Gasteiger partial charge in [-0.15, -0.1) is 0 Å². The summed E-state index contributed by atoms with van der Waals surface area (Å²) in [5.74, 6) is -0.980. The van der Waals surface area contributed by atoms with Crippen LogP contribution in [0.2, 0.25) is 0 Å². The molecule has 2 amide bonds. The number of carbonyl (C=O) groups is 3. The highest BCUT2D eigenvalue weighted by atomic mass is 32.2. The predicted molar refractivity (Wildman–Crippen MR) is 134 cm³/mol. The van der Waals surface area contributed by atoms with Crippen LogP contribution >= 0.6 is 11.8 Å². The van der Waals surface area contributed by atoms with Gasteiger partial charge in [-0.1, -0.05) is 12.1 Å². The Hall–Kier alpha value is -3.53. The SMILES string of the molecule is CC(C)(C)OC(=O)NC(CSCc1ccc(NC(=O)Cn2ccc3cc(F)ccc32)cc1)C(=O)O. The minimum absolute atomic E-state index is 0.0912. The lowest BCUT2D eigenvalue weighted by Gasteiger charge is -2.21. The number of carboxylic acids is 1. The minimum atomic E-state index is -1.14. The van der Waals surface area contributed by atoms with E-state index < -0.39 is 23.7 Å². The van der Waals surface area contributed by atoms with Crippen LogP contribution in [-0.4, -0.2) is 45.0 Å². The zero-order chi connectivity index (χ0) is 25.6. The van der Waals surface area contributed by atoms with Crippen molar-refractivity contribution in [1.82, 2.24) is 9.88 Å². The molecule has 10 heteroatoms. The lowest BCUT2D eigenvalue weighted by molar-refractivity contribution is -0.138. The van der Waals surface area contributed by atoms with Crippen molar-refractivity contribution in [2.24, 2.45) is 0 Å². The molecular formula is C25H28FN3O5S. The number of halogens is 1. The molecule has 8 nitrogen and oxygen atoms in total. The lowest BCUT2D eigenvalue weighted by atomic mass is 10.2. The number of benzene rings is 2. The fourth-order valence-corrected chi connectivity index (χ4v) is 4.28. The number of carbonyl (C=O) groups excluding carboxylic acids is 2. The molecule has 0 fully saturated rings. The monoisotopic (exact) mass is 501 g/mol. The Bertz CT molecular complexity index is 1200. The molecule has 3 N–H and O–H groups in total. The summed E-state index contributed by atoms with van der Waals surface area (Å²) in [6.45, 7) is 5.20. The Morgan fingerprint density at radius 2 is 1.83 bits per heavy atom. The molecule has 35 heavy (non-hydrogen) atoms. The Kier molecular flexibility index (Phi) is 8.39. The molecule has 0 spiro atoms. The highest BCUT2D eigenvalue weighted by molar-refractivity contribution is 7.98. The third kappa shape index (κ3) is 8.03. The van der Waals surface area contributed by atoms with Crippen LogP contribution in [0.1, 0.15) is 26.3 Å². The first-order valence-electron chi connectivity index (χ1n) is 10.9. The molecule has 186 valence electrons. The quantitative estimate of drug-likeness (QED) is 0.394. The first-order chi connectivity index (χ1) is 16.5. The van der Waals surface area contributed by atoms with Crippen LogP contribution in [0.5, 0.6) is 0 Å². The molecule has 2 aromatic carbocycles. The smallest absolute Gasteiger partial charge is 0.408 e. The summed E-state index contributed by atoms with van der Waals surface area (Å²) in [6, 6.07) is 12.3. The summed E-state index contributed by atoms with van der Waals surface area (Å²) in [7, 11) is 0. The van der Waals surface area contributed by atoms with Crippen LogP contribution in [-0.2, 0) is 26.6 Å². The zero-order valence-corrected chi connectivity index (χ0v) is 20.5. The van der Waals surface area contributed by atoms with E-state index in [4.69, 9.17) is 4.74 Å². The van der Waals surface area contributed by atoms with E-state index in [2.05, 4.69) is 10.6 Å². The predicted octanol–water partition coefficient (Wildman–Crippen LogP) is 4.63. The second-order valence-corrected chi connectivity index (χ2v) is 9.97. The van der Waals surface area contributed by atoms with Gasteiger partial charge in [0.1, 0.15) is 24.0 Å². The maximum absolute atomic E-state index is 13.3. The van der Waals surface area contributed by atoms with Crippen molar-refractivity contribution in [1.29, 1.82) is 0 Å². The normalized spacial score (nSPS) is 12.2. The summed E-state index contributed by atoms with van der Waals surface area (Å²) in [6.07, 6.45) is 0.970. The van der Waals surface area contributed by atoms with Gasteiger partial charge in [-0.2, -0.15) is 11.8 Å². The van der Waals surface area contributed by atoms with E-state index in [0.29, 0.717) is 11.4 Å². The van der Waals surface area contributed by atoms with E-state index >= 15 is 0 Å². The maximum atomic E-state index is 13.3. The molecule has 1 atom stereocenters. The van der Waals surface area contributed by atoms with Gasteiger partial charge in [0.15, 0.2) is 0 Å². The van der Waals surface area contributed by atoms with Crippen LogP contribution in [0.25, 0.3) is 10.9 Å². The Morgan fingerprint density at radius 1 is 1.11 bits per heavy atom. The van der Waals surface area contributed by atoms with Gasteiger partial charge in [0, 0.05) is 34.3 Å². The summed E-state index contributed by atoms with van der Waals surface area (Å²) in [5.41, 5.74) is 1.62. The number of thioether (sulfide) groups is 1. The average Bonchev–Trinajstić information content (AvgIpc) is 3.14. The number of nitrogens with zero attached hydrogens (tertiary/aromatic N) is 1. The molecule has 0 bridgehead atoms. The van der Waals surface area contributed by atoms with Crippen molar-refractivity contribution in [3.8, 4) is 0 Å². The fourth-order valence-electron chi connectivity index (χ4n) is 3.27. The van der Waals surface area contributed by atoms with E-state index in [9.17, 15) is 23.9 Å². The van der Waals surface area contributed by atoms with E-state index in [-0.39, 0.29) is 24.0 Å². The molecule has 0 radical (unpaired) electrons. The van der Waals surface area contributed by atoms with Crippen molar-refractivity contribution in [3.63, 3.8) is 0 Å². The van der Waals surface area contributed by atoms with Gasteiger partial charge >= 0.3 is 12.1 Å². The summed E-state index contributed by atoms with van der Waals surface area (Å²) >= 11 is 1.36. The highest BCUT2D eigenvalue weighted by Crippen LogP contribution is 2.19. The van der Waals surface area contributed by atoms with Gasteiger partial charge in [-0.3, -0.25) is 4.79 Å². The molecule has 0 aliphatic heterocycles. The van der Waals surface area contributed by atoms with E-state index in [1.54, 1.807) is 55.8 Å². The largest absolute Gasteiger partial charge is 0.480 e. The van der Waals surface area contributed by atoms with Crippen LogP contribution < -0.4 is 10.6 Å². The average molecular weight is 502 g/mol. The third-order valence-corrected chi connectivity index (χ3v) is 5.93. The van der Waals surface area contributed by atoms with E-state index in [1.165, 1.54) is 23.9 Å². The van der Waals surface area contributed by atoms with Crippen LogP contribution in [0.3, 0.4) is 0 Å². The maximum Gasteiger partial charge on any atom is 0.408 e. The fraction of sp³-hybridized carbons (Fsp3) is 0.320. The minimum Gasteiger partial charge on any atom is -0.480 e. The van der Waals surface area contributed by atoms with Gasteiger partial charge in [0.25, 0.3) is 0 Å². The third-order valence-electron chi connectivity index (χ3n) is 4.83. The molecule has 0 aliphatic rings. The number of amides is 2. The number of ether oxygens (including phenoxy) is 1. The molecule has 3 aromatic rings. The Balaban J connectivity index is 1.48. The number of nitrogens with one attached hydrogen (secondary N) is 2. The first kappa shape index (κ1) is 26.1. The molecule has 3 rings (SSSR count). The summed E-state index contributed by atoms with van der Waals surface area (Å²) in [5, 5.41) is 15.3. The number of fused-ring (bicyclic) bond motifs is 1. The number of hydrogen-bond acceptors (Lipinski definition) is 5. The van der Waals surface area contributed by atoms with Crippen LogP contribution in [0.4, 0.5) is 14.9 Å². The second-order valence-electron chi connectivity index (χ2n) is 8.94. The van der Waals surface area contributed by atoms with Gasteiger partial charge in [0.05, 0.1) is 0 Å². The number of hydrogen-bond donors (Lipinski definition) is 3. The van der Waals surface area contributed by atoms with Gasteiger partial charge in [-0.05, 0) is 62.7 Å². The number of alkyl carbamates (subject to hydrolysis) is 1.